The minimum absolute atomic E-state index is 0.0966. The Kier molecular flexibility index (Phi) is 3.34. The van der Waals surface area contributed by atoms with E-state index in [2.05, 4.69) is 15.4 Å². The first-order valence-electron chi connectivity index (χ1n) is 7.18. The second kappa shape index (κ2) is 5.51. The lowest BCUT2D eigenvalue weighted by Gasteiger charge is -2.09. The number of fused-ring (bicyclic) bond motifs is 2. The summed E-state index contributed by atoms with van der Waals surface area (Å²) in [5, 5.41) is 7.43. The molecule has 23 heavy (non-hydrogen) atoms. The zero-order valence-corrected chi connectivity index (χ0v) is 13.3. The van der Waals surface area contributed by atoms with Gasteiger partial charge in [0.05, 0.1) is 22.6 Å². The largest absolute Gasteiger partial charge is 0.487 e. The van der Waals surface area contributed by atoms with Crippen molar-refractivity contribution in [2.75, 3.05) is 5.32 Å². The van der Waals surface area contributed by atoms with Crippen molar-refractivity contribution in [3.05, 3.63) is 47.2 Å². The second-order valence-corrected chi connectivity index (χ2v) is 6.22. The summed E-state index contributed by atoms with van der Waals surface area (Å²) in [6, 6.07) is 7.73. The molecule has 0 radical (unpaired) electrons. The standard InChI is InChI=1S/C16H14N4O2S/c1-10(21)18-12-3-2-11-7-20-13(8-22-15(11)4-12)5-14(19-20)16-6-17-9-23-16/h2-6,9H,7-8H2,1H3,(H,18,21). The summed E-state index contributed by atoms with van der Waals surface area (Å²) >= 11 is 1.57. The molecule has 1 aliphatic rings. The number of anilines is 1. The van der Waals surface area contributed by atoms with Crippen LogP contribution in [0.5, 0.6) is 5.75 Å². The van der Waals surface area contributed by atoms with Crippen LogP contribution in [-0.2, 0) is 17.9 Å². The number of thiazole rings is 1. The highest BCUT2D eigenvalue weighted by Gasteiger charge is 2.18. The van der Waals surface area contributed by atoms with Crippen LogP contribution in [0.3, 0.4) is 0 Å². The topological polar surface area (TPSA) is 69.0 Å². The van der Waals surface area contributed by atoms with Gasteiger partial charge in [-0.3, -0.25) is 14.5 Å². The number of carbonyl (C=O) groups excluding carboxylic acids is 1. The van der Waals surface area contributed by atoms with Crippen LogP contribution in [-0.4, -0.2) is 20.7 Å². The SMILES string of the molecule is CC(=O)Nc1ccc2c(c1)OCc1cc(-c3cncs3)nn1C2. The number of aromatic nitrogens is 3. The lowest BCUT2D eigenvalue weighted by molar-refractivity contribution is -0.114. The second-order valence-electron chi connectivity index (χ2n) is 5.34. The lowest BCUT2D eigenvalue weighted by atomic mass is 10.2. The van der Waals surface area contributed by atoms with Gasteiger partial charge in [-0.15, -0.1) is 11.3 Å². The molecule has 0 saturated heterocycles. The van der Waals surface area contributed by atoms with Crippen LogP contribution in [0.1, 0.15) is 18.2 Å². The van der Waals surface area contributed by atoms with E-state index in [0.717, 1.165) is 33.3 Å². The van der Waals surface area contributed by atoms with Crippen molar-refractivity contribution in [2.45, 2.75) is 20.1 Å². The first-order valence-corrected chi connectivity index (χ1v) is 8.06. The third-order valence-corrected chi connectivity index (χ3v) is 4.43. The molecule has 0 saturated carbocycles. The monoisotopic (exact) mass is 326 g/mol. The van der Waals surface area contributed by atoms with E-state index >= 15 is 0 Å². The molecule has 0 aliphatic carbocycles. The Hall–Kier alpha value is -2.67. The average molecular weight is 326 g/mol. The quantitative estimate of drug-likeness (QED) is 0.786. The summed E-state index contributed by atoms with van der Waals surface area (Å²) < 4.78 is 7.86. The lowest BCUT2D eigenvalue weighted by Crippen LogP contribution is -2.06. The number of benzene rings is 1. The average Bonchev–Trinajstić information content (AvgIpc) is 3.14. The van der Waals surface area contributed by atoms with Gasteiger partial charge in [0.1, 0.15) is 18.1 Å². The summed E-state index contributed by atoms with van der Waals surface area (Å²) in [6.45, 7) is 2.58. The molecule has 1 N–H and O–H groups in total. The van der Waals surface area contributed by atoms with Crippen LogP contribution >= 0.6 is 11.3 Å². The van der Waals surface area contributed by atoms with Crippen LogP contribution in [0.2, 0.25) is 0 Å². The van der Waals surface area contributed by atoms with Crippen molar-refractivity contribution in [2.24, 2.45) is 0 Å². The summed E-state index contributed by atoms with van der Waals surface area (Å²) in [5.41, 5.74) is 5.52. The molecule has 0 spiro atoms. The number of nitrogens with one attached hydrogen (secondary N) is 1. The third kappa shape index (κ3) is 2.70. The summed E-state index contributed by atoms with van der Waals surface area (Å²) in [6.07, 6.45) is 1.82. The van der Waals surface area contributed by atoms with Gasteiger partial charge in [-0.25, -0.2) is 0 Å². The highest BCUT2D eigenvalue weighted by molar-refractivity contribution is 7.13. The molecule has 7 heteroatoms. The van der Waals surface area contributed by atoms with Crippen LogP contribution in [0.25, 0.3) is 10.6 Å². The van der Waals surface area contributed by atoms with Gasteiger partial charge in [0, 0.05) is 30.4 Å². The Bertz CT molecular complexity index is 870. The van der Waals surface area contributed by atoms with Crippen molar-refractivity contribution in [3.8, 4) is 16.3 Å². The fraction of sp³-hybridized carbons (Fsp3) is 0.188. The zero-order chi connectivity index (χ0) is 15.8. The van der Waals surface area contributed by atoms with E-state index in [1.54, 1.807) is 16.8 Å². The van der Waals surface area contributed by atoms with Gasteiger partial charge < -0.3 is 10.1 Å². The van der Waals surface area contributed by atoms with Crippen molar-refractivity contribution >= 4 is 22.9 Å². The molecule has 2 aromatic heterocycles. The van der Waals surface area contributed by atoms with Crippen LogP contribution in [0, 0.1) is 0 Å². The Morgan fingerprint density at radius 2 is 2.30 bits per heavy atom. The molecule has 0 bridgehead atoms. The van der Waals surface area contributed by atoms with Gasteiger partial charge in [-0.05, 0) is 12.1 Å². The summed E-state index contributed by atoms with van der Waals surface area (Å²) in [4.78, 5) is 16.3. The van der Waals surface area contributed by atoms with Gasteiger partial charge >= 0.3 is 0 Å². The number of amides is 1. The van der Waals surface area contributed by atoms with Crippen LogP contribution in [0.4, 0.5) is 5.69 Å². The van der Waals surface area contributed by atoms with Crippen molar-refractivity contribution in [1.29, 1.82) is 0 Å². The number of hydrogen-bond donors (Lipinski definition) is 1. The van der Waals surface area contributed by atoms with E-state index in [9.17, 15) is 4.79 Å². The number of ether oxygens (including phenoxy) is 1. The molecular weight excluding hydrogens is 312 g/mol. The summed E-state index contributed by atoms with van der Waals surface area (Å²) in [7, 11) is 0. The van der Waals surface area contributed by atoms with Crippen molar-refractivity contribution < 1.29 is 9.53 Å². The van der Waals surface area contributed by atoms with E-state index < -0.39 is 0 Å². The van der Waals surface area contributed by atoms with Crippen LogP contribution in [0.15, 0.2) is 36.0 Å². The third-order valence-electron chi connectivity index (χ3n) is 3.63. The van der Waals surface area contributed by atoms with Gasteiger partial charge in [0.25, 0.3) is 0 Å². The number of nitrogens with zero attached hydrogens (tertiary/aromatic N) is 3. The van der Waals surface area contributed by atoms with E-state index in [1.807, 2.05) is 35.1 Å². The zero-order valence-electron chi connectivity index (χ0n) is 12.4. The molecule has 1 aliphatic heterocycles. The Labute approximate surface area is 136 Å². The molecule has 0 unspecified atom stereocenters. The molecule has 1 aromatic carbocycles. The Balaban J connectivity index is 1.65. The number of carbonyl (C=O) groups is 1. The van der Waals surface area contributed by atoms with E-state index in [4.69, 9.17) is 4.74 Å². The number of rotatable bonds is 2. The molecule has 3 heterocycles. The molecular formula is C16H14N4O2S. The summed E-state index contributed by atoms with van der Waals surface area (Å²) in [5.74, 6) is 0.682. The number of hydrogen-bond acceptors (Lipinski definition) is 5. The van der Waals surface area contributed by atoms with Crippen LogP contribution < -0.4 is 10.1 Å². The predicted molar refractivity (Wildman–Crippen MR) is 87.5 cm³/mol. The minimum Gasteiger partial charge on any atom is -0.487 e. The molecule has 0 atom stereocenters. The molecule has 4 rings (SSSR count). The van der Waals surface area contributed by atoms with Gasteiger partial charge in [-0.1, -0.05) is 6.07 Å². The first kappa shape index (κ1) is 14.0. The minimum atomic E-state index is -0.0966. The highest BCUT2D eigenvalue weighted by Crippen LogP contribution is 2.30. The normalized spacial score (nSPS) is 12.7. The van der Waals surface area contributed by atoms with Crippen molar-refractivity contribution in [1.82, 2.24) is 14.8 Å². The maximum Gasteiger partial charge on any atom is 0.221 e. The van der Waals surface area contributed by atoms with Gasteiger partial charge in [0.15, 0.2) is 0 Å². The molecule has 3 aromatic rings. The predicted octanol–water partition coefficient (Wildman–Crippen LogP) is 2.91. The maximum absolute atomic E-state index is 11.2. The van der Waals surface area contributed by atoms with Crippen molar-refractivity contribution in [3.63, 3.8) is 0 Å². The molecule has 0 fully saturated rings. The van der Waals surface area contributed by atoms with E-state index in [1.165, 1.54) is 6.92 Å². The first-order chi connectivity index (χ1) is 11.2. The fourth-order valence-corrected chi connectivity index (χ4v) is 3.16. The molecule has 116 valence electrons. The fourth-order valence-electron chi connectivity index (χ4n) is 2.58. The molecule has 1 amide bonds. The molecule has 6 nitrogen and oxygen atoms in total. The Morgan fingerprint density at radius 1 is 1.39 bits per heavy atom. The Morgan fingerprint density at radius 3 is 3.09 bits per heavy atom. The maximum atomic E-state index is 11.2. The van der Waals surface area contributed by atoms with Gasteiger partial charge in [0.2, 0.25) is 5.91 Å². The smallest absolute Gasteiger partial charge is 0.221 e. The van der Waals surface area contributed by atoms with Gasteiger partial charge in [-0.2, -0.15) is 5.10 Å². The van der Waals surface area contributed by atoms with E-state index in [0.29, 0.717) is 13.2 Å². The highest BCUT2D eigenvalue weighted by atomic mass is 32.1. The van der Waals surface area contributed by atoms with E-state index in [-0.39, 0.29) is 5.91 Å².